The Hall–Kier alpha value is -1.65. The highest BCUT2D eigenvalue weighted by Crippen LogP contribution is 2.24. The Balaban J connectivity index is 2.18. The molecule has 1 aliphatic rings. The maximum Gasteiger partial charge on any atom is 0.257 e. The third kappa shape index (κ3) is 3.93. The van der Waals surface area contributed by atoms with Gasteiger partial charge in [0.25, 0.3) is 5.91 Å². The molecule has 0 radical (unpaired) electrons. The SMILES string of the molecule is CCCNc1ncc(F)cc1C(=O)N(C)C1CCCCC1. The summed E-state index contributed by atoms with van der Waals surface area (Å²) in [5, 5.41) is 3.10. The summed E-state index contributed by atoms with van der Waals surface area (Å²) in [7, 11) is 1.81. The number of hydrogen-bond donors (Lipinski definition) is 1. The van der Waals surface area contributed by atoms with Gasteiger partial charge in [0.1, 0.15) is 11.6 Å². The van der Waals surface area contributed by atoms with Gasteiger partial charge in [-0.05, 0) is 25.3 Å². The lowest BCUT2D eigenvalue weighted by molar-refractivity contribution is 0.0696. The number of amides is 1. The van der Waals surface area contributed by atoms with Crippen LogP contribution in [-0.2, 0) is 0 Å². The van der Waals surface area contributed by atoms with Crippen molar-refractivity contribution in [2.75, 3.05) is 18.9 Å². The van der Waals surface area contributed by atoms with Crippen LogP contribution in [0.1, 0.15) is 55.8 Å². The van der Waals surface area contributed by atoms with Gasteiger partial charge >= 0.3 is 0 Å². The molecule has 1 amide bonds. The Morgan fingerprint density at radius 2 is 2.14 bits per heavy atom. The molecule has 1 heterocycles. The van der Waals surface area contributed by atoms with Gasteiger partial charge in [0.05, 0.1) is 11.8 Å². The average Bonchev–Trinajstić information content (AvgIpc) is 2.53. The summed E-state index contributed by atoms with van der Waals surface area (Å²) in [5.41, 5.74) is 0.330. The van der Waals surface area contributed by atoms with E-state index in [4.69, 9.17) is 0 Å². The molecular formula is C16H24FN3O. The highest BCUT2D eigenvalue weighted by atomic mass is 19.1. The predicted octanol–water partition coefficient (Wildman–Crippen LogP) is 3.45. The minimum absolute atomic E-state index is 0.146. The zero-order valence-corrected chi connectivity index (χ0v) is 12.9. The molecule has 0 aromatic carbocycles. The quantitative estimate of drug-likeness (QED) is 0.904. The van der Waals surface area contributed by atoms with Crippen molar-refractivity contribution < 1.29 is 9.18 Å². The van der Waals surface area contributed by atoms with Crippen molar-refractivity contribution >= 4 is 11.7 Å². The zero-order chi connectivity index (χ0) is 15.2. The van der Waals surface area contributed by atoms with Crippen LogP contribution in [0.2, 0.25) is 0 Å². The van der Waals surface area contributed by atoms with E-state index in [2.05, 4.69) is 10.3 Å². The molecule has 0 aliphatic heterocycles. The molecule has 0 saturated heterocycles. The van der Waals surface area contributed by atoms with Crippen molar-refractivity contribution in [2.45, 2.75) is 51.5 Å². The molecule has 2 rings (SSSR count). The lowest BCUT2D eigenvalue weighted by Crippen LogP contribution is -2.38. The van der Waals surface area contributed by atoms with Crippen LogP contribution in [0.4, 0.5) is 10.2 Å². The van der Waals surface area contributed by atoms with Gasteiger partial charge in [-0.25, -0.2) is 9.37 Å². The minimum atomic E-state index is -0.475. The third-order valence-corrected chi connectivity index (χ3v) is 4.07. The molecule has 0 unspecified atom stereocenters. The van der Waals surface area contributed by atoms with E-state index in [1.807, 2.05) is 14.0 Å². The molecule has 1 aliphatic carbocycles. The third-order valence-electron chi connectivity index (χ3n) is 4.07. The maximum atomic E-state index is 13.5. The van der Waals surface area contributed by atoms with Crippen LogP contribution >= 0.6 is 0 Å². The van der Waals surface area contributed by atoms with Crippen LogP contribution in [0, 0.1) is 5.82 Å². The van der Waals surface area contributed by atoms with Gasteiger partial charge in [-0.1, -0.05) is 26.2 Å². The standard InChI is InChI=1S/C16H24FN3O/c1-3-9-18-15-14(10-12(17)11-19-15)16(21)20(2)13-7-5-4-6-8-13/h10-11,13H,3-9H2,1-2H3,(H,18,19). The lowest BCUT2D eigenvalue weighted by Gasteiger charge is -2.31. The van der Waals surface area contributed by atoms with Gasteiger partial charge in [0.15, 0.2) is 0 Å². The van der Waals surface area contributed by atoms with Crippen molar-refractivity contribution in [3.05, 3.63) is 23.6 Å². The van der Waals surface area contributed by atoms with Gasteiger partial charge < -0.3 is 10.2 Å². The molecule has 1 aromatic heterocycles. The summed E-state index contributed by atoms with van der Waals surface area (Å²) < 4.78 is 13.5. The first-order valence-electron chi connectivity index (χ1n) is 7.80. The van der Waals surface area contributed by atoms with Crippen molar-refractivity contribution in [1.29, 1.82) is 0 Å². The van der Waals surface area contributed by atoms with E-state index >= 15 is 0 Å². The van der Waals surface area contributed by atoms with Gasteiger partial charge in [-0.3, -0.25) is 4.79 Å². The van der Waals surface area contributed by atoms with E-state index in [0.717, 1.165) is 38.3 Å². The Labute approximate surface area is 125 Å². The molecule has 0 atom stereocenters. The molecule has 1 fully saturated rings. The Kier molecular flexibility index (Phi) is 5.53. The second kappa shape index (κ2) is 7.38. The first kappa shape index (κ1) is 15.7. The largest absolute Gasteiger partial charge is 0.369 e. The van der Waals surface area contributed by atoms with Gasteiger partial charge in [-0.2, -0.15) is 0 Å². The van der Waals surface area contributed by atoms with Crippen LogP contribution in [0.15, 0.2) is 12.3 Å². The molecular weight excluding hydrogens is 269 g/mol. The first-order chi connectivity index (χ1) is 10.1. The number of nitrogens with one attached hydrogen (secondary N) is 1. The number of aromatic nitrogens is 1. The van der Waals surface area contributed by atoms with Crippen LogP contribution in [0.5, 0.6) is 0 Å². The van der Waals surface area contributed by atoms with Crippen molar-refractivity contribution in [2.24, 2.45) is 0 Å². The van der Waals surface area contributed by atoms with Crippen molar-refractivity contribution in [1.82, 2.24) is 9.88 Å². The molecule has 1 aromatic rings. The normalized spacial score (nSPS) is 15.8. The van der Waals surface area contributed by atoms with E-state index in [9.17, 15) is 9.18 Å². The topological polar surface area (TPSA) is 45.2 Å². The van der Waals surface area contributed by atoms with Gasteiger partial charge in [0.2, 0.25) is 0 Å². The fourth-order valence-electron chi connectivity index (χ4n) is 2.81. The maximum absolute atomic E-state index is 13.5. The van der Waals surface area contributed by atoms with Crippen molar-refractivity contribution in [3.8, 4) is 0 Å². The smallest absolute Gasteiger partial charge is 0.257 e. The highest BCUT2D eigenvalue weighted by Gasteiger charge is 2.25. The number of anilines is 1. The Morgan fingerprint density at radius 1 is 1.43 bits per heavy atom. The zero-order valence-electron chi connectivity index (χ0n) is 12.9. The van der Waals surface area contributed by atoms with Gasteiger partial charge in [0, 0.05) is 19.6 Å². The number of pyridine rings is 1. The summed E-state index contributed by atoms with van der Waals surface area (Å²) in [6, 6.07) is 1.54. The molecule has 0 spiro atoms. The molecule has 116 valence electrons. The molecule has 5 heteroatoms. The lowest BCUT2D eigenvalue weighted by atomic mass is 9.94. The number of carbonyl (C=O) groups is 1. The number of halogens is 1. The molecule has 21 heavy (non-hydrogen) atoms. The first-order valence-corrected chi connectivity index (χ1v) is 7.80. The van der Waals surface area contributed by atoms with Crippen molar-refractivity contribution in [3.63, 3.8) is 0 Å². The van der Waals surface area contributed by atoms with E-state index in [-0.39, 0.29) is 11.9 Å². The van der Waals surface area contributed by atoms with Crippen LogP contribution in [0.25, 0.3) is 0 Å². The summed E-state index contributed by atoms with van der Waals surface area (Å²) in [4.78, 5) is 18.4. The second-order valence-electron chi connectivity index (χ2n) is 5.68. The Morgan fingerprint density at radius 3 is 2.81 bits per heavy atom. The van der Waals surface area contributed by atoms with Crippen LogP contribution < -0.4 is 5.32 Å². The number of rotatable bonds is 5. The summed E-state index contributed by atoms with van der Waals surface area (Å²) in [6.45, 7) is 2.75. The fourth-order valence-corrected chi connectivity index (χ4v) is 2.81. The Bertz CT molecular complexity index is 486. The van der Waals surface area contributed by atoms with Crippen LogP contribution in [0.3, 0.4) is 0 Å². The minimum Gasteiger partial charge on any atom is -0.369 e. The fraction of sp³-hybridized carbons (Fsp3) is 0.625. The van der Waals surface area contributed by atoms with E-state index < -0.39 is 5.82 Å². The summed E-state index contributed by atoms with van der Waals surface area (Å²) in [5.74, 6) is -0.143. The highest BCUT2D eigenvalue weighted by molar-refractivity contribution is 5.98. The van der Waals surface area contributed by atoms with E-state index in [1.54, 1.807) is 4.90 Å². The summed E-state index contributed by atoms with van der Waals surface area (Å²) in [6.07, 6.45) is 7.69. The summed E-state index contributed by atoms with van der Waals surface area (Å²) >= 11 is 0. The number of carbonyl (C=O) groups excluding carboxylic acids is 1. The average molecular weight is 293 g/mol. The molecule has 1 N–H and O–H groups in total. The van der Waals surface area contributed by atoms with Gasteiger partial charge in [-0.15, -0.1) is 0 Å². The van der Waals surface area contributed by atoms with E-state index in [1.165, 1.54) is 12.5 Å². The predicted molar refractivity (Wildman–Crippen MR) is 81.9 cm³/mol. The molecule has 0 bridgehead atoms. The monoisotopic (exact) mass is 293 g/mol. The molecule has 4 nitrogen and oxygen atoms in total. The second-order valence-corrected chi connectivity index (χ2v) is 5.68. The molecule has 1 saturated carbocycles. The number of hydrogen-bond acceptors (Lipinski definition) is 3. The number of nitrogens with zero attached hydrogens (tertiary/aromatic N) is 2. The van der Waals surface area contributed by atoms with E-state index in [0.29, 0.717) is 17.9 Å². The van der Waals surface area contributed by atoms with Crippen LogP contribution in [-0.4, -0.2) is 35.4 Å².